The van der Waals surface area contributed by atoms with Gasteiger partial charge in [0.05, 0.1) is 25.3 Å². The molecule has 16 aromatic rings. The summed E-state index contributed by atoms with van der Waals surface area (Å²) in [5, 5.41) is 14.4. The van der Waals surface area contributed by atoms with Crippen LogP contribution in [0.3, 0.4) is 0 Å². The summed E-state index contributed by atoms with van der Waals surface area (Å²) >= 11 is 0. The van der Waals surface area contributed by atoms with Gasteiger partial charge in [-0.3, -0.25) is 0 Å². The summed E-state index contributed by atoms with van der Waals surface area (Å²) in [4.78, 5) is 2.33. The zero-order valence-electron chi connectivity index (χ0n) is 47.7. The molecule has 0 fully saturated rings. The number of ether oxygens (including phenoxy) is 2. The topological polar surface area (TPSA) is 26.6 Å². The van der Waals surface area contributed by atoms with Gasteiger partial charge in [0.2, 0.25) is 0 Å². The first kappa shape index (κ1) is 51.7. The van der Waals surface area contributed by atoms with Crippen molar-refractivity contribution in [2.24, 2.45) is 0 Å². The summed E-state index contributed by atoms with van der Waals surface area (Å²) in [7, 11) is 3.54. The fraction of sp³-hybridized carbons (Fsp3) is 0.0244. The van der Waals surface area contributed by atoms with E-state index in [1.165, 1.54) is 76.4 Å². The van der Waals surface area contributed by atoms with Crippen LogP contribution >= 0.6 is 0 Å². The molecule has 0 aliphatic rings. The van der Waals surface area contributed by atoms with E-state index in [1.807, 2.05) is 0 Å². The van der Waals surface area contributed by atoms with Crippen LogP contribution in [0.4, 0.5) is 17.1 Å². The van der Waals surface area contributed by atoms with Crippen LogP contribution in [0.1, 0.15) is 0 Å². The molecule has 4 nitrogen and oxygen atoms in total. The first-order valence-electron chi connectivity index (χ1n) is 29.3. The number of para-hydroxylation sites is 3. The minimum Gasteiger partial charge on any atom is -0.495 e. The molecule has 86 heavy (non-hydrogen) atoms. The van der Waals surface area contributed by atoms with Gasteiger partial charge in [-0.25, -0.2) is 0 Å². The lowest BCUT2D eigenvalue weighted by Crippen LogP contribution is -2.09. The molecule has 0 bridgehead atoms. The zero-order chi connectivity index (χ0) is 57.5. The summed E-state index contributed by atoms with van der Waals surface area (Å²) in [6, 6.07) is 113. The largest absolute Gasteiger partial charge is 0.495 e. The predicted octanol–water partition coefficient (Wildman–Crippen LogP) is 22.4. The first-order chi connectivity index (χ1) is 42.7. The molecule has 1 aromatic heterocycles. The standard InChI is InChI=1S/C50H34N2.C32H24O2/c1-4-16-35(17-5-1)49-42-23-10-12-25-44(42)50(45-26-13-11-24-43(45)49)36-28-30-39(31-29-36)52-47-27-15-14-22-41(47)46-34-40(32-33-48(46)52)51(37-18-6-2-7-19-37)38-20-8-3-9-21-38;1-33-31-25-19-11-9-17-23(25)30-28(22-15-7-4-8-16-22)32(34-2)26-20-12-10-18-24(26)29(30)27(31)21-13-5-3-6-14-21/h1-34H;3-20H,1-2H3. The van der Waals surface area contributed by atoms with Crippen molar-refractivity contribution in [2.45, 2.75) is 0 Å². The maximum Gasteiger partial charge on any atom is 0.135 e. The Hall–Kier alpha value is -11.2. The summed E-state index contributed by atoms with van der Waals surface area (Å²) < 4.78 is 14.7. The van der Waals surface area contributed by atoms with E-state index in [0.717, 1.165) is 78.0 Å². The molecule has 15 aromatic carbocycles. The highest BCUT2D eigenvalue weighted by molar-refractivity contribution is 6.31. The Morgan fingerprint density at radius 1 is 0.244 bits per heavy atom. The maximum atomic E-state index is 6.14. The van der Waals surface area contributed by atoms with Gasteiger partial charge < -0.3 is 18.9 Å². The number of anilines is 3. The molecule has 0 amide bonds. The highest BCUT2D eigenvalue weighted by atomic mass is 16.5. The third-order valence-corrected chi connectivity index (χ3v) is 17.0. The minimum absolute atomic E-state index is 0.892. The molecule has 0 aliphatic heterocycles. The summed E-state index contributed by atoms with van der Waals surface area (Å²) in [6.45, 7) is 0. The molecule has 16 rings (SSSR count). The second kappa shape index (κ2) is 22.2. The van der Waals surface area contributed by atoms with Gasteiger partial charge in [0.15, 0.2) is 0 Å². The van der Waals surface area contributed by atoms with Gasteiger partial charge in [0.25, 0.3) is 0 Å². The maximum absolute atomic E-state index is 6.14. The monoisotopic (exact) mass is 1100 g/mol. The molecule has 0 spiro atoms. The molecular formula is C82H58N2O2. The summed E-state index contributed by atoms with van der Waals surface area (Å²) in [5.74, 6) is 1.78. The van der Waals surface area contributed by atoms with Gasteiger partial charge in [-0.15, -0.1) is 0 Å². The van der Waals surface area contributed by atoms with Gasteiger partial charge in [0, 0.05) is 66.2 Å². The molecule has 408 valence electrons. The number of benzene rings is 15. The van der Waals surface area contributed by atoms with E-state index in [4.69, 9.17) is 9.47 Å². The van der Waals surface area contributed by atoms with Gasteiger partial charge >= 0.3 is 0 Å². The molecule has 4 heteroatoms. The lowest BCUT2D eigenvalue weighted by Gasteiger charge is -2.25. The van der Waals surface area contributed by atoms with Gasteiger partial charge in [-0.2, -0.15) is 0 Å². The van der Waals surface area contributed by atoms with E-state index in [0.29, 0.717) is 0 Å². The Balaban J connectivity index is 0.000000159. The van der Waals surface area contributed by atoms with Crippen molar-refractivity contribution in [3.8, 4) is 61.7 Å². The highest BCUT2D eigenvalue weighted by Gasteiger charge is 2.26. The third-order valence-electron chi connectivity index (χ3n) is 17.0. The fourth-order valence-corrected chi connectivity index (χ4v) is 13.4. The van der Waals surface area contributed by atoms with E-state index in [-0.39, 0.29) is 0 Å². The first-order valence-corrected chi connectivity index (χ1v) is 29.3. The fourth-order valence-electron chi connectivity index (χ4n) is 13.4. The van der Waals surface area contributed by atoms with Crippen molar-refractivity contribution in [3.63, 3.8) is 0 Å². The van der Waals surface area contributed by atoms with Crippen LogP contribution in [-0.2, 0) is 0 Å². The van der Waals surface area contributed by atoms with Gasteiger partial charge in [-0.1, -0.05) is 255 Å². The molecule has 0 N–H and O–H groups in total. The van der Waals surface area contributed by atoms with Crippen molar-refractivity contribution in [2.75, 3.05) is 19.1 Å². The van der Waals surface area contributed by atoms with E-state index in [2.05, 4.69) is 325 Å². The SMILES string of the molecule is COc1c(-c2ccccc2)c2c3ccccc3c(OC)c(-c3ccccc3)c2c2ccccc12.c1ccc(-c2c3ccccc3c(-c3ccc(-n4c5ccccc5c5cc(N(c6ccccc6)c6ccccc6)ccc54)cc3)c3ccccc23)cc1. The Labute approximate surface area is 500 Å². The normalized spacial score (nSPS) is 11.4. The van der Waals surface area contributed by atoms with Crippen molar-refractivity contribution < 1.29 is 9.47 Å². The second-order valence-corrected chi connectivity index (χ2v) is 21.7. The Morgan fingerprint density at radius 2 is 0.570 bits per heavy atom. The number of hydrogen-bond donors (Lipinski definition) is 0. The number of hydrogen-bond acceptors (Lipinski definition) is 3. The quantitative estimate of drug-likeness (QED) is 0.101. The van der Waals surface area contributed by atoms with E-state index in [1.54, 1.807) is 14.2 Å². The van der Waals surface area contributed by atoms with Crippen LogP contribution in [0.15, 0.2) is 315 Å². The molecule has 0 saturated heterocycles. The molecule has 0 aliphatic carbocycles. The van der Waals surface area contributed by atoms with Gasteiger partial charge in [0.1, 0.15) is 11.5 Å². The molecule has 0 unspecified atom stereocenters. The molecule has 0 atom stereocenters. The lowest BCUT2D eigenvalue weighted by atomic mass is 9.84. The van der Waals surface area contributed by atoms with E-state index >= 15 is 0 Å². The zero-order valence-corrected chi connectivity index (χ0v) is 47.7. The Bertz CT molecular complexity index is 4940. The van der Waals surface area contributed by atoms with Crippen LogP contribution in [0.25, 0.3) is 126 Å². The minimum atomic E-state index is 0.892. The highest BCUT2D eigenvalue weighted by Crippen LogP contribution is 2.53. The Kier molecular flexibility index (Phi) is 13.3. The average molecular weight is 1100 g/mol. The molecule has 0 saturated carbocycles. The number of fused-ring (bicyclic) bond motifs is 10. The van der Waals surface area contributed by atoms with Crippen LogP contribution in [0.2, 0.25) is 0 Å². The predicted molar refractivity (Wildman–Crippen MR) is 364 cm³/mol. The Morgan fingerprint density at radius 3 is 0.988 bits per heavy atom. The summed E-state index contributed by atoms with van der Waals surface area (Å²) in [5.41, 5.74) is 16.4. The third kappa shape index (κ3) is 8.78. The number of rotatable bonds is 10. The van der Waals surface area contributed by atoms with E-state index in [9.17, 15) is 0 Å². The molecule has 0 radical (unpaired) electrons. The number of aromatic nitrogens is 1. The van der Waals surface area contributed by atoms with Crippen LogP contribution in [0.5, 0.6) is 11.5 Å². The smallest absolute Gasteiger partial charge is 0.135 e. The number of nitrogens with zero attached hydrogens (tertiary/aromatic N) is 2. The number of methoxy groups -OCH3 is 2. The van der Waals surface area contributed by atoms with Crippen molar-refractivity contribution in [3.05, 3.63) is 315 Å². The average Bonchev–Trinajstić information content (AvgIpc) is 1.20. The van der Waals surface area contributed by atoms with E-state index < -0.39 is 0 Å². The summed E-state index contributed by atoms with van der Waals surface area (Å²) in [6.07, 6.45) is 0. The van der Waals surface area contributed by atoms with Gasteiger partial charge in [-0.05, 0) is 126 Å². The van der Waals surface area contributed by atoms with Crippen molar-refractivity contribution in [1.29, 1.82) is 0 Å². The van der Waals surface area contributed by atoms with Crippen LogP contribution in [0, 0.1) is 0 Å². The van der Waals surface area contributed by atoms with Crippen molar-refractivity contribution >= 4 is 92.7 Å². The van der Waals surface area contributed by atoms with Crippen molar-refractivity contribution in [1.82, 2.24) is 4.57 Å². The van der Waals surface area contributed by atoms with Crippen LogP contribution < -0.4 is 14.4 Å². The van der Waals surface area contributed by atoms with Crippen LogP contribution in [-0.4, -0.2) is 18.8 Å². The molecular weight excluding hydrogens is 1040 g/mol. The lowest BCUT2D eigenvalue weighted by molar-refractivity contribution is 0.421. The molecule has 1 heterocycles. The second-order valence-electron chi connectivity index (χ2n) is 21.7.